The maximum atomic E-state index is 11.7. The predicted octanol–water partition coefficient (Wildman–Crippen LogP) is 4.04. The molecule has 0 aliphatic rings. The first-order valence-corrected chi connectivity index (χ1v) is 9.07. The van der Waals surface area contributed by atoms with Crippen LogP contribution in [0.15, 0.2) is 36.5 Å². The van der Waals surface area contributed by atoms with E-state index in [1.54, 1.807) is 13.0 Å². The normalized spacial score (nSPS) is 11.6. The van der Waals surface area contributed by atoms with Gasteiger partial charge in [0.25, 0.3) is 0 Å². The summed E-state index contributed by atoms with van der Waals surface area (Å²) < 4.78 is 14.7. The SMILES string of the molecule is CCOC(=O)C=Cc1c(C)nn(C)c1-n1ccc2ccc(OC(C)C)cc21. The molecule has 6 nitrogen and oxygen atoms in total. The maximum Gasteiger partial charge on any atom is 0.330 e. The molecule has 2 aromatic heterocycles. The third-order valence-corrected chi connectivity index (χ3v) is 4.17. The smallest absolute Gasteiger partial charge is 0.330 e. The van der Waals surface area contributed by atoms with Crippen molar-refractivity contribution in [2.45, 2.75) is 33.8 Å². The molecule has 0 saturated carbocycles. The summed E-state index contributed by atoms with van der Waals surface area (Å²) in [5.41, 5.74) is 2.73. The number of carbonyl (C=O) groups excluding carboxylic acids is 1. The van der Waals surface area contributed by atoms with Crippen molar-refractivity contribution in [1.29, 1.82) is 0 Å². The fourth-order valence-corrected chi connectivity index (χ4v) is 3.12. The number of hydrogen-bond acceptors (Lipinski definition) is 4. The van der Waals surface area contributed by atoms with Crippen LogP contribution in [-0.4, -0.2) is 33.0 Å². The van der Waals surface area contributed by atoms with E-state index in [-0.39, 0.29) is 12.1 Å². The number of hydrogen-bond donors (Lipinski definition) is 0. The van der Waals surface area contributed by atoms with Gasteiger partial charge >= 0.3 is 5.97 Å². The highest BCUT2D eigenvalue weighted by Crippen LogP contribution is 2.28. The molecule has 0 N–H and O–H groups in total. The lowest BCUT2D eigenvalue weighted by Gasteiger charge is -2.12. The number of aryl methyl sites for hydroxylation is 2. The third-order valence-electron chi connectivity index (χ3n) is 4.17. The maximum absolute atomic E-state index is 11.7. The van der Waals surface area contributed by atoms with Gasteiger partial charge in [-0.3, -0.25) is 4.68 Å². The quantitative estimate of drug-likeness (QED) is 0.487. The topological polar surface area (TPSA) is 58.3 Å². The van der Waals surface area contributed by atoms with Gasteiger partial charge in [-0.2, -0.15) is 5.10 Å². The number of ether oxygens (including phenoxy) is 2. The minimum absolute atomic E-state index is 0.105. The van der Waals surface area contributed by atoms with Crippen molar-refractivity contribution < 1.29 is 14.3 Å². The zero-order chi connectivity index (χ0) is 19.6. The molecule has 0 atom stereocenters. The first kappa shape index (κ1) is 18.8. The monoisotopic (exact) mass is 367 g/mol. The molecule has 1 aromatic carbocycles. The molecule has 3 rings (SSSR count). The molecule has 0 amide bonds. The molecule has 142 valence electrons. The van der Waals surface area contributed by atoms with Crippen LogP contribution in [0, 0.1) is 6.92 Å². The van der Waals surface area contributed by atoms with Crippen LogP contribution in [0.3, 0.4) is 0 Å². The Morgan fingerprint density at radius 3 is 2.78 bits per heavy atom. The highest BCUT2D eigenvalue weighted by atomic mass is 16.5. The standard InChI is InChI=1S/C21H25N3O3/c1-6-26-20(25)10-9-18-15(4)22-23(5)21(18)24-12-11-16-7-8-17(13-19(16)24)27-14(2)3/h7-14H,6H2,1-5H3. The Morgan fingerprint density at radius 1 is 1.30 bits per heavy atom. The highest BCUT2D eigenvalue weighted by Gasteiger charge is 2.16. The highest BCUT2D eigenvalue weighted by molar-refractivity contribution is 5.89. The van der Waals surface area contributed by atoms with Crippen molar-refractivity contribution in [1.82, 2.24) is 14.3 Å². The fraction of sp³-hybridized carbons (Fsp3) is 0.333. The summed E-state index contributed by atoms with van der Waals surface area (Å²) in [7, 11) is 1.89. The van der Waals surface area contributed by atoms with E-state index < -0.39 is 0 Å². The molecule has 0 unspecified atom stereocenters. The Kier molecular flexibility index (Phi) is 5.35. The van der Waals surface area contributed by atoms with E-state index in [1.807, 2.05) is 56.9 Å². The minimum Gasteiger partial charge on any atom is -0.491 e. The van der Waals surface area contributed by atoms with E-state index in [0.29, 0.717) is 6.61 Å². The van der Waals surface area contributed by atoms with E-state index in [9.17, 15) is 4.79 Å². The molecule has 0 fully saturated rings. The Hall–Kier alpha value is -3.02. The second kappa shape index (κ2) is 7.70. The molecule has 0 aliphatic heterocycles. The zero-order valence-electron chi connectivity index (χ0n) is 16.4. The summed E-state index contributed by atoms with van der Waals surface area (Å²) in [6.07, 6.45) is 5.31. The van der Waals surface area contributed by atoms with Crippen LogP contribution >= 0.6 is 0 Å². The second-order valence-electron chi connectivity index (χ2n) is 6.60. The molecule has 6 heteroatoms. The van der Waals surface area contributed by atoms with Crippen molar-refractivity contribution in [3.63, 3.8) is 0 Å². The van der Waals surface area contributed by atoms with E-state index in [4.69, 9.17) is 9.47 Å². The Morgan fingerprint density at radius 2 is 2.07 bits per heavy atom. The number of benzene rings is 1. The Labute approximate surface area is 159 Å². The van der Waals surface area contributed by atoms with Gasteiger partial charge < -0.3 is 14.0 Å². The van der Waals surface area contributed by atoms with Gasteiger partial charge in [-0.1, -0.05) is 0 Å². The molecular formula is C21H25N3O3. The average Bonchev–Trinajstić information content (AvgIpc) is 3.12. The van der Waals surface area contributed by atoms with Crippen molar-refractivity contribution in [3.05, 3.63) is 47.8 Å². The van der Waals surface area contributed by atoms with E-state index in [0.717, 1.165) is 33.7 Å². The van der Waals surface area contributed by atoms with Gasteiger partial charge in [0.2, 0.25) is 0 Å². The molecule has 0 aliphatic carbocycles. The van der Waals surface area contributed by atoms with E-state index in [1.165, 1.54) is 6.08 Å². The summed E-state index contributed by atoms with van der Waals surface area (Å²) in [6.45, 7) is 8.07. The Balaban J connectivity index is 2.09. The number of fused-ring (bicyclic) bond motifs is 1. The molecule has 0 bridgehead atoms. The predicted molar refractivity (Wildman–Crippen MR) is 106 cm³/mol. The van der Waals surface area contributed by atoms with Gasteiger partial charge in [0, 0.05) is 36.3 Å². The molecule has 0 saturated heterocycles. The molecular weight excluding hydrogens is 342 g/mol. The molecule has 3 aromatic rings. The zero-order valence-corrected chi connectivity index (χ0v) is 16.4. The van der Waals surface area contributed by atoms with Crippen LogP contribution in [0.1, 0.15) is 32.0 Å². The number of nitrogens with zero attached hydrogens (tertiary/aromatic N) is 3. The van der Waals surface area contributed by atoms with Gasteiger partial charge in [-0.25, -0.2) is 4.79 Å². The number of esters is 1. The van der Waals surface area contributed by atoms with Crippen LogP contribution in [0.25, 0.3) is 22.8 Å². The van der Waals surface area contributed by atoms with E-state index >= 15 is 0 Å². The largest absolute Gasteiger partial charge is 0.491 e. The van der Waals surface area contributed by atoms with Crippen molar-refractivity contribution in [2.75, 3.05) is 6.61 Å². The lowest BCUT2D eigenvalue weighted by molar-refractivity contribution is -0.137. The summed E-state index contributed by atoms with van der Waals surface area (Å²) in [5, 5.41) is 5.63. The van der Waals surface area contributed by atoms with Crippen LogP contribution in [0.4, 0.5) is 0 Å². The van der Waals surface area contributed by atoms with Crippen LogP contribution < -0.4 is 4.74 Å². The lowest BCUT2D eigenvalue weighted by atomic mass is 10.2. The fourth-order valence-electron chi connectivity index (χ4n) is 3.12. The molecule has 0 spiro atoms. The summed E-state index contributed by atoms with van der Waals surface area (Å²) >= 11 is 0. The third kappa shape index (κ3) is 3.89. The summed E-state index contributed by atoms with van der Waals surface area (Å²) in [5.74, 6) is 1.33. The van der Waals surface area contributed by atoms with Gasteiger partial charge in [0.05, 0.1) is 23.9 Å². The first-order valence-electron chi connectivity index (χ1n) is 9.07. The Bertz CT molecular complexity index is 996. The minimum atomic E-state index is -0.364. The molecule has 0 radical (unpaired) electrons. The molecule has 2 heterocycles. The summed E-state index contributed by atoms with van der Waals surface area (Å²) in [6, 6.07) is 8.09. The number of carbonyl (C=O) groups is 1. The first-order chi connectivity index (χ1) is 12.9. The van der Waals surface area contributed by atoms with Crippen LogP contribution in [-0.2, 0) is 16.6 Å². The number of rotatable bonds is 6. The van der Waals surface area contributed by atoms with Gasteiger partial charge in [0.1, 0.15) is 11.6 Å². The van der Waals surface area contributed by atoms with Gasteiger partial charge in [-0.05, 0) is 52.0 Å². The van der Waals surface area contributed by atoms with E-state index in [2.05, 4.69) is 15.7 Å². The average molecular weight is 367 g/mol. The van der Waals surface area contributed by atoms with Crippen molar-refractivity contribution in [3.8, 4) is 11.6 Å². The number of aromatic nitrogens is 3. The van der Waals surface area contributed by atoms with Gasteiger partial charge in [0.15, 0.2) is 0 Å². The summed E-state index contributed by atoms with van der Waals surface area (Å²) in [4.78, 5) is 11.7. The van der Waals surface area contributed by atoms with Gasteiger partial charge in [-0.15, -0.1) is 0 Å². The van der Waals surface area contributed by atoms with Crippen LogP contribution in [0.5, 0.6) is 5.75 Å². The second-order valence-corrected chi connectivity index (χ2v) is 6.60. The van der Waals surface area contributed by atoms with Crippen molar-refractivity contribution >= 4 is 22.9 Å². The lowest BCUT2D eigenvalue weighted by Crippen LogP contribution is -2.06. The molecule has 27 heavy (non-hydrogen) atoms. The van der Waals surface area contributed by atoms with Crippen LogP contribution in [0.2, 0.25) is 0 Å². The van der Waals surface area contributed by atoms with Crippen molar-refractivity contribution in [2.24, 2.45) is 7.05 Å².